The standard InChI is InChI=1S/C78H148O17P2/c1-7-10-12-14-16-17-18-19-20-28-33-38-44-50-56-62-77(82)94-73(66-88-75(80)60-54-48-40-15-13-11-8-2)68-92-96(84,85)90-64-72(79)65-91-97(86,87)93-69-74(67-89-76(81)61-55-49-43-37-32-27-23-21-25-30-35-41-46-52-58-70(4)5)95-78(83)63-57-51-45-39-34-29-24-22-26-31-36-42-47-53-59-71(6)9-3/h17-20,70-74,79H,7-16,21-69H2,1-6H3,(H,84,85)(H,86,87)/b18-17-,20-19-/t71?,72-,73+,74+/m0/s1. The van der Waals surface area contributed by atoms with Gasteiger partial charge in [-0.05, 0) is 63.2 Å². The molecule has 6 atom stereocenters. The van der Waals surface area contributed by atoms with Crippen molar-refractivity contribution in [3.8, 4) is 0 Å². The molecule has 0 bridgehead atoms. The van der Waals surface area contributed by atoms with Gasteiger partial charge in [0.15, 0.2) is 12.2 Å². The highest BCUT2D eigenvalue weighted by atomic mass is 31.2. The third-order valence-electron chi connectivity index (χ3n) is 17.9. The summed E-state index contributed by atoms with van der Waals surface area (Å²) in [4.78, 5) is 72.7. The molecule has 572 valence electrons. The number of ether oxygens (including phenoxy) is 4. The minimum absolute atomic E-state index is 0.0847. The van der Waals surface area contributed by atoms with Gasteiger partial charge in [-0.25, -0.2) is 9.13 Å². The van der Waals surface area contributed by atoms with Crippen LogP contribution in [0.5, 0.6) is 0 Å². The van der Waals surface area contributed by atoms with Gasteiger partial charge in [0, 0.05) is 25.7 Å². The molecule has 3 N–H and O–H groups in total. The molecular weight excluding hydrogens is 1270 g/mol. The Morgan fingerprint density at radius 2 is 0.608 bits per heavy atom. The van der Waals surface area contributed by atoms with Gasteiger partial charge in [-0.15, -0.1) is 0 Å². The lowest BCUT2D eigenvalue weighted by Crippen LogP contribution is -2.30. The summed E-state index contributed by atoms with van der Waals surface area (Å²) in [6.07, 6.45) is 60.5. The van der Waals surface area contributed by atoms with Crippen LogP contribution in [-0.4, -0.2) is 96.7 Å². The number of carbonyl (C=O) groups excluding carboxylic acids is 4. The quantitative estimate of drug-likeness (QED) is 0.0169. The molecule has 0 aromatic carbocycles. The van der Waals surface area contributed by atoms with Crippen molar-refractivity contribution in [1.29, 1.82) is 0 Å². The minimum atomic E-state index is -4.96. The van der Waals surface area contributed by atoms with Crippen molar-refractivity contribution in [2.45, 2.75) is 400 Å². The molecule has 0 saturated carbocycles. The van der Waals surface area contributed by atoms with Crippen LogP contribution in [0.1, 0.15) is 382 Å². The molecule has 3 unspecified atom stereocenters. The number of phosphoric ester groups is 2. The first-order valence-corrected chi connectivity index (χ1v) is 42.8. The molecule has 0 aliphatic rings. The molecule has 0 aliphatic heterocycles. The summed E-state index contributed by atoms with van der Waals surface area (Å²) in [5.74, 6) is -0.505. The molecule has 0 aromatic rings. The predicted octanol–water partition coefficient (Wildman–Crippen LogP) is 22.7. The number of esters is 4. The number of allylic oxidation sites excluding steroid dienone is 4. The van der Waals surface area contributed by atoms with Gasteiger partial charge in [0.1, 0.15) is 19.3 Å². The SMILES string of the molecule is CCCCCC/C=C\C=C/CCCCCCCC(=O)O[C@H](COC(=O)CCCCCCCCC)COP(=O)(O)OC[C@H](O)COP(=O)(O)OC[C@@H](COC(=O)CCCCCCCCCCCCCCCCC(C)C)OC(=O)CCCCCCCCCCCCCCCCC(C)CC. The van der Waals surface area contributed by atoms with Gasteiger partial charge >= 0.3 is 39.5 Å². The van der Waals surface area contributed by atoms with Crippen LogP contribution in [0, 0.1) is 11.8 Å². The summed E-state index contributed by atoms with van der Waals surface area (Å²) < 4.78 is 68.4. The largest absolute Gasteiger partial charge is 0.472 e. The molecule has 0 amide bonds. The fourth-order valence-corrected chi connectivity index (χ4v) is 13.0. The van der Waals surface area contributed by atoms with Crippen LogP contribution >= 0.6 is 15.6 Å². The number of hydrogen-bond acceptors (Lipinski definition) is 15. The van der Waals surface area contributed by atoms with Crippen molar-refractivity contribution in [3.63, 3.8) is 0 Å². The lowest BCUT2D eigenvalue weighted by Gasteiger charge is -2.21. The summed E-state index contributed by atoms with van der Waals surface area (Å²) in [5, 5.41) is 10.6. The number of phosphoric acid groups is 2. The van der Waals surface area contributed by atoms with Crippen LogP contribution in [0.2, 0.25) is 0 Å². The van der Waals surface area contributed by atoms with E-state index in [0.29, 0.717) is 25.7 Å². The Kier molecular flexibility index (Phi) is 67.5. The molecule has 0 aliphatic carbocycles. The van der Waals surface area contributed by atoms with Gasteiger partial charge in [0.25, 0.3) is 0 Å². The van der Waals surface area contributed by atoms with Crippen LogP contribution in [-0.2, 0) is 65.4 Å². The zero-order valence-electron chi connectivity index (χ0n) is 62.9. The van der Waals surface area contributed by atoms with Crippen LogP contribution < -0.4 is 0 Å². The first-order valence-electron chi connectivity index (χ1n) is 39.8. The first kappa shape index (κ1) is 94.5. The summed E-state index contributed by atoms with van der Waals surface area (Å²) >= 11 is 0. The van der Waals surface area contributed by atoms with Crippen LogP contribution in [0.15, 0.2) is 24.3 Å². The molecule has 0 fully saturated rings. The van der Waals surface area contributed by atoms with Gasteiger partial charge in [0.2, 0.25) is 0 Å². The van der Waals surface area contributed by atoms with E-state index in [2.05, 4.69) is 65.8 Å². The van der Waals surface area contributed by atoms with Crippen LogP contribution in [0.4, 0.5) is 0 Å². The van der Waals surface area contributed by atoms with Gasteiger partial charge in [-0.1, -0.05) is 329 Å². The molecule has 0 radical (unpaired) electrons. The second kappa shape index (κ2) is 69.3. The number of aliphatic hydroxyl groups is 1. The third kappa shape index (κ3) is 70.4. The maximum Gasteiger partial charge on any atom is 0.472 e. The predicted molar refractivity (Wildman–Crippen MR) is 395 cm³/mol. The highest BCUT2D eigenvalue weighted by Crippen LogP contribution is 2.45. The average Bonchev–Trinajstić information content (AvgIpc) is 1.35. The van der Waals surface area contributed by atoms with Crippen LogP contribution in [0.3, 0.4) is 0 Å². The van der Waals surface area contributed by atoms with Crippen molar-refractivity contribution < 1.29 is 80.2 Å². The second-order valence-corrected chi connectivity index (χ2v) is 31.0. The van der Waals surface area contributed by atoms with E-state index in [1.54, 1.807) is 0 Å². The third-order valence-corrected chi connectivity index (χ3v) is 19.8. The van der Waals surface area contributed by atoms with Gasteiger partial charge in [-0.3, -0.25) is 37.3 Å². The molecule has 17 nitrogen and oxygen atoms in total. The average molecular weight is 1420 g/mol. The number of unbranched alkanes of at least 4 members (excludes halogenated alkanes) is 41. The van der Waals surface area contributed by atoms with Crippen LogP contribution in [0.25, 0.3) is 0 Å². The lowest BCUT2D eigenvalue weighted by atomic mass is 9.99. The Bertz CT molecular complexity index is 1970. The second-order valence-electron chi connectivity index (χ2n) is 28.1. The van der Waals surface area contributed by atoms with E-state index in [1.807, 2.05) is 0 Å². The van der Waals surface area contributed by atoms with Crippen molar-refractivity contribution in [2.75, 3.05) is 39.6 Å². The molecule has 0 aromatic heterocycles. The Balaban J connectivity index is 5.23. The Morgan fingerprint density at radius 1 is 0.340 bits per heavy atom. The first-order chi connectivity index (χ1) is 46.9. The number of rotatable bonds is 75. The van der Waals surface area contributed by atoms with Gasteiger partial charge in [0.05, 0.1) is 26.4 Å². The fraction of sp³-hybridized carbons (Fsp3) is 0.897. The molecule has 19 heteroatoms. The van der Waals surface area contributed by atoms with E-state index >= 15 is 0 Å². The monoisotopic (exact) mass is 1420 g/mol. The van der Waals surface area contributed by atoms with Crippen molar-refractivity contribution in [1.82, 2.24) is 0 Å². The zero-order valence-corrected chi connectivity index (χ0v) is 64.7. The molecule has 0 spiro atoms. The van der Waals surface area contributed by atoms with Gasteiger partial charge < -0.3 is 33.8 Å². The van der Waals surface area contributed by atoms with E-state index < -0.39 is 97.5 Å². The maximum atomic E-state index is 13.1. The smallest absolute Gasteiger partial charge is 0.462 e. The number of hydrogen-bond donors (Lipinski definition) is 3. The number of carbonyl (C=O) groups is 4. The van der Waals surface area contributed by atoms with Crippen molar-refractivity contribution in [2.24, 2.45) is 11.8 Å². The summed E-state index contributed by atoms with van der Waals surface area (Å²) in [6.45, 7) is 9.58. The van der Waals surface area contributed by atoms with E-state index in [9.17, 15) is 43.2 Å². The van der Waals surface area contributed by atoms with E-state index in [1.165, 1.54) is 173 Å². The topological polar surface area (TPSA) is 237 Å². The molecular formula is C78H148O17P2. The highest BCUT2D eigenvalue weighted by Gasteiger charge is 2.30. The number of aliphatic hydroxyl groups excluding tert-OH is 1. The molecule has 0 saturated heterocycles. The van der Waals surface area contributed by atoms with E-state index in [4.69, 9.17) is 37.0 Å². The summed E-state index contributed by atoms with van der Waals surface area (Å²) in [5.41, 5.74) is 0. The highest BCUT2D eigenvalue weighted by molar-refractivity contribution is 7.47. The molecule has 97 heavy (non-hydrogen) atoms. The Morgan fingerprint density at radius 3 is 0.928 bits per heavy atom. The van der Waals surface area contributed by atoms with Gasteiger partial charge in [-0.2, -0.15) is 0 Å². The Labute approximate surface area is 592 Å². The lowest BCUT2D eigenvalue weighted by molar-refractivity contribution is -0.161. The minimum Gasteiger partial charge on any atom is -0.462 e. The normalized spacial score (nSPS) is 14.4. The van der Waals surface area contributed by atoms with Crippen molar-refractivity contribution in [3.05, 3.63) is 24.3 Å². The molecule has 0 heterocycles. The summed E-state index contributed by atoms with van der Waals surface area (Å²) in [7, 11) is -9.92. The zero-order chi connectivity index (χ0) is 71.4. The van der Waals surface area contributed by atoms with E-state index in [-0.39, 0.29) is 25.7 Å². The Hall–Kier alpha value is -2.46. The van der Waals surface area contributed by atoms with Crippen molar-refractivity contribution >= 4 is 39.5 Å². The molecule has 0 rings (SSSR count). The summed E-state index contributed by atoms with van der Waals surface area (Å²) in [6, 6.07) is 0. The maximum absolute atomic E-state index is 13.1. The van der Waals surface area contributed by atoms with E-state index in [0.717, 1.165) is 127 Å². The fourth-order valence-electron chi connectivity index (χ4n) is 11.4.